The minimum absolute atomic E-state index is 0.354. The van der Waals surface area contributed by atoms with Gasteiger partial charge in [-0.15, -0.1) is 0 Å². The topological polar surface area (TPSA) is 33.1 Å². The number of pyridine rings is 1. The van der Waals surface area contributed by atoms with E-state index >= 15 is 0 Å². The van der Waals surface area contributed by atoms with Gasteiger partial charge in [-0.25, -0.2) is 13.8 Å². The number of nitrogens with zero attached hydrogens (tertiary/aromatic N) is 1. The van der Waals surface area contributed by atoms with Gasteiger partial charge >= 0.3 is 6.18 Å². The zero-order valence-corrected chi connectivity index (χ0v) is 9.11. The minimum atomic E-state index is -4.81. The number of aliphatic hydroxyl groups excluding tert-OH is 1. The van der Waals surface area contributed by atoms with E-state index in [0.717, 1.165) is 0 Å². The Hall–Kier alpha value is -0.760. The third-order valence-corrected chi connectivity index (χ3v) is 2.20. The quantitative estimate of drug-likeness (QED) is 0.672. The lowest BCUT2D eigenvalue weighted by Gasteiger charge is -2.14. The van der Waals surface area contributed by atoms with Crippen molar-refractivity contribution in [1.29, 1.82) is 0 Å². The van der Waals surface area contributed by atoms with Gasteiger partial charge in [-0.1, -0.05) is 0 Å². The zero-order valence-electron chi connectivity index (χ0n) is 7.52. The third-order valence-electron chi connectivity index (χ3n) is 1.80. The van der Waals surface area contributed by atoms with Gasteiger partial charge in [0.25, 0.3) is 6.43 Å². The Morgan fingerprint density at radius 2 is 1.94 bits per heavy atom. The average molecular weight is 306 g/mol. The lowest BCUT2D eigenvalue weighted by atomic mass is 10.1. The van der Waals surface area contributed by atoms with Crippen molar-refractivity contribution in [3.05, 3.63) is 27.5 Å². The van der Waals surface area contributed by atoms with E-state index in [1.54, 1.807) is 0 Å². The molecule has 0 spiro atoms. The fraction of sp³-hybridized carbons (Fsp3) is 0.375. The summed E-state index contributed by atoms with van der Waals surface area (Å²) in [6, 6.07) is 0.553. The van der Waals surface area contributed by atoms with Gasteiger partial charge in [-0.3, -0.25) is 0 Å². The minimum Gasteiger partial charge on any atom is -0.392 e. The molecule has 0 aliphatic carbocycles. The maximum absolute atomic E-state index is 12.5. The van der Waals surface area contributed by atoms with E-state index in [9.17, 15) is 22.0 Å². The molecule has 0 unspecified atom stereocenters. The Labute approximate surface area is 95.2 Å². The first-order valence-electron chi connectivity index (χ1n) is 3.93. The summed E-state index contributed by atoms with van der Waals surface area (Å²) in [7, 11) is 0. The van der Waals surface area contributed by atoms with Crippen molar-refractivity contribution in [3.63, 3.8) is 0 Å². The summed E-state index contributed by atoms with van der Waals surface area (Å²) in [4.78, 5) is 3.22. The summed E-state index contributed by atoms with van der Waals surface area (Å²) in [5.74, 6) is 0. The van der Waals surface area contributed by atoms with Gasteiger partial charge in [0, 0.05) is 5.56 Å². The summed E-state index contributed by atoms with van der Waals surface area (Å²) >= 11 is 2.61. The van der Waals surface area contributed by atoms with E-state index in [1.807, 2.05) is 0 Å². The Balaban J connectivity index is 3.49. The molecule has 16 heavy (non-hydrogen) atoms. The summed E-state index contributed by atoms with van der Waals surface area (Å²) < 4.78 is 61.8. The van der Waals surface area contributed by atoms with Crippen LogP contribution in [-0.4, -0.2) is 10.1 Å². The molecule has 0 fully saturated rings. The van der Waals surface area contributed by atoms with Crippen molar-refractivity contribution in [2.45, 2.75) is 19.2 Å². The number of alkyl halides is 5. The highest BCUT2D eigenvalue weighted by Crippen LogP contribution is 2.36. The van der Waals surface area contributed by atoms with E-state index in [-0.39, 0.29) is 4.60 Å². The maximum atomic E-state index is 12.5. The van der Waals surface area contributed by atoms with Gasteiger partial charge in [0.1, 0.15) is 10.3 Å². The second-order valence-corrected chi connectivity index (χ2v) is 3.63. The van der Waals surface area contributed by atoms with Gasteiger partial charge in [0.2, 0.25) is 0 Å². The number of aromatic nitrogens is 1. The largest absolute Gasteiger partial charge is 0.416 e. The summed E-state index contributed by atoms with van der Waals surface area (Å²) in [5.41, 5.74) is -3.28. The first-order valence-corrected chi connectivity index (χ1v) is 4.72. The monoisotopic (exact) mass is 305 g/mol. The highest BCUT2D eigenvalue weighted by atomic mass is 79.9. The zero-order chi connectivity index (χ0) is 12.5. The van der Waals surface area contributed by atoms with E-state index in [0.29, 0.717) is 6.07 Å². The molecular formula is C8H5BrF5NO. The number of hydrogen-bond donors (Lipinski definition) is 1. The van der Waals surface area contributed by atoms with Crippen LogP contribution in [-0.2, 0) is 12.8 Å². The molecule has 0 radical (unpaired) electrons. The number of hydrogen-bond acceptors (Lipinski definition) is 2. The molecule has 90 valence electrons. The molecule has 0 amide bonds. The maximum Gasteiger partial charge on any atom is 0.416 e. The van der Waals surface area contributed by atoms with Crippen molar-refractivity contribution >= 4 is 15.9 Å². The lowest BCUT2D eigenvalue weighted by Crippen LogP contribution is -2.13. The van der Waals surface area contributed by atoms with Crippen LogP contribution in [0.4, 0.5) is 22.0 Å². The van der Waals surface area contributed by atoms with E-state index in [2.05, 4.69) is 20.9 Å². The fourth-order valence-electron chi connectivity index (χ4n) is 1.16. The van der Waals surface area contributed by atoms with Crippen LogP contribution >= 0.6 is 15.9 Å². The van der Waals surface area contributed by atoms with Gasteiger partial charge < -0.3 is 5.11 Å². The van der Waals surface area contributed by atoms with E-state index in [4.69, 9.17) is 5.11 Å². The number of halogens is 6. The van der Waals surface area contributed by atoms with Crippen LogP contribution in [0.1, 0.15) is 23.2 Å². The molecule has 0 saturated carbocycles. The van der Waals surface area contributed by atoms with Crippen LogP contribution in [0.25, 0.3) is 0 Å². The predicted molar refractivity (Wildman–Crippen MR) is 47.8 cm³/mol. The molecule has 1 aromatic rings. The Morgan fingerprint density at radius 3 is 2.31 bits per heavy atom. The molecule has 1 heterocycles. The van der Waals surface area contributed by atoms with Crippen molar-refractivity contribution in [3.8, 4) is 0 Å². The van der Waals surface area contributed by atoms with E-state index < -0.39 is 36.0 Å². The van der Waals surface area contributed by atoms with Gasteiger partial charge in [0.05, 0.1) is 12.2 Å². The predicted octanol–water partition coefficient (Wildman–Crippen LogP) is 3.29. The highest BCUT2D eigenvalue weighted by Gasteiger charge is 2.36. The van der Waals surface area contributed by atoms with Crippen molar-refractivity contribution < 1.29 is 27.1 Å². The Bertz CT molecular complexity index is 393. The SMILES string of the molecule is OCc1c(C(F)(F)F)cc(Br)nc1C(F)F. The molecule has 0 aliphatic heterocycles. The molecule has 2 nitrogen and oxygen atoms in total. The first kappa shape index (κ1) is 13.3. The molecule has 0 bridgehead atoms. The molecular weight excluding hydrogens is 301 g/mol. The molecule has 0 atom stereocenters. The van der Waals surface area contributed by atoms with Gasteiger partial charge in [-0.2, -0.15) is 13.2 Å². The smallest absolute Gasteiger partial charge is 0.392 e. The highest BCUT2D eigenvalue weighted by molar-refractivity contribution is 9.10. The molecule has 0 aliphatic rings. The fourth-order valence-corrected chi connectivity index (χ4v) is 1.58. The van der Waals surface area contributed by atoms with Crippen molar-refractivity contribution in [2.24, 2.45) is 0 Å². The van der Waals surface area contributed by atoms with Crippen LogP contribution in [0.5, 0.6) is 0 Å². The van der Waals surface area contributed by atoms with Crippen LogP contribution in [0.3, 0.4) is 0 Å². The normalized spacial score (nSPS) is 12.2. The van der Waals surface area contributed by atoms with Crippen LogP contribution in [0.2, 0.25) is 0 Å². The summed E-state index contributed by atoms with van der Waals surface area (Å²) in [6.45, 7) is -1.14. The number of rotatable bonds is 2. The standard InChI is InChI=1S/C8H5BrF5NO/c9-5-1-4(8(12,13)14)3(2-16)6(15-5)7(10)11/h1,7,16H,2H2. The molecule has 1 N–H and O–H groups in total. The van der Waals surface area contributed by atoms with Gasteiger partial charge in [-0.05, 0) is 22.0 Å². The van der Waals surface area contributed by atoms with Crippen LogP contribution in [0, 0.1) is 0 Å². The first-order chi connectivity index (χ1) is 7.27. The summed E-state index contributed by atoms with van der Waals surface area (Å²) in [6.07, 6.45) is -7.99. The molecule has 0 saturated heterocycles. The third kappa shape index (κ3) is 2.67. The van der Waals surface area contributed by atoms with Crippen molar-refractivity contribution in [1.82, 2.24) is 4.98 Å². The summed E-state index contributed by atoms with van der Waals surface area (Å²) in [5, 5.41) is 8.71. The average Bonchev–Trinajstić information content (AvgIpc) is 2.14. The molecule has 1 rings (SSSR count). The van der Waals surface area contributed by atoms with Crippen LogP contribution < -0.4 is 0 Å². The Morgan fingerprint density at radius 1 is 1.38 bits per heavy atom. The van der Waals surface area contributed by atoms with Crippen molar-refractivity contribution in [2.75, 3.05) is 0 Å². The van der Waals surface area contributed by atoms with E-state index in [1.165, 1.54) is 0 Å². The number of aliphatic hydroxyl groups is 1. The lowest BCUT2D eigenvalue weighted by molar-refractivity contribution is -0.139. The second kappa shape index (κ2) is 4.62. The second-order valence-electron chi connectivity index (χ2n) is 2.81. The molecule has 1 aromatic heterocycles. The molecule has 8 heteroatoms. The van der Waals surface area contributed by atoms with Gasteiger partial charge in [0.15, 0.2) is 0 Å². The Kier molecular flexibility index (Phi) is 3.84. The van der Waals surface area contributed by atoms with Crippen LogP contribution in [0.15, 0.2) is 10.7 Å². The molecule has 0 aromatic carbocycles.